The summed E-state index contributed by atoms with van der Waals surface area (Å²) in [4.78, 5) is 2.52. The Morgan fingerprint density at radius 2 is 1.61 bits per heavy atom. The molecule has 1 nitrogen and oxygen atoms in total. The highest BCUT2D eigenvalue weighted by Gasteiger charge is 2.14. The summed E-state index contributed by atoms with van der Waals surface area (Å²) < 4.78 is 0. The van der Waals surface area contributed by atoms with Crippen LogP contribution in [-0.2, 0) is 0 Å². The van der Waals surface area contributed by atoms with E-state index in [2.05, 4.69) is 62.9 Å². The molecule has 0 heterocycles. The molecule has 0 aromatic heterocycles. The van der Waals surface area contributed by atoms with Gasteiger partial charge < -0.3 is 4.90 Å². The van der Waals surface area contributed by atoms with Crippen molar-refractivity contribution in [2.24, 2.45) is 5.92 Å². The zero-order valence-electron chi connectivity index (χ0n) is 12.5. The van der Waals surface area contributed by atoms with Gasteiger partial charge in [-0.2, -0.15) is 0 Å². The monoisotopic (exact) mass is 247 g/mol. The lowest BCUT2D eigenvalue weighted by Crippen LogP contribution is -2.25. The largest absolute Gasteiger partial charge is 0.304 e. The second kappa shape index (κ2) is 8.31. The molecule has 1 unspecified atom stereocenters. The molecule has 1 atom stereocenters. The van der Waals surface area contributed by atoms with Crippen molar-refractivity contribution >= 4 is 0 Å². The van der Waals surface area contributed by atoms with Gasteiger partial charge >= 0.3 is 0 Å². The van der Waals surface area contributed by atoms with Crippen molar-refractivity contribution in [3.05, 3.63) is 35.9 Å². The first-order valence-electron chi connectivity index (χ1n) is 7.44. The van der Waals surface area contributed by atoms with E-state index < -0.39 is 0 Å². The first-order chi connectivity index (χ1) is 8.67. The van der Waals surface area contributed by atoms with Crippen LogP contribution in [0.15, 0.2) is 30.3 Å². The third-order valence-electron chi connectivity index (χ3n) is 3.72. The number of benzene rings is 1. The van der Waals surface area contributed by atoms with E-state index in [1.165, 1.54) is 38.0 Å². The maximum Gasteiger partial charge on any atom is -0.00131 e. The van der Waals surface area contributed by atoms with E-state index in [-0.39, 0.29) is 0 Å². The van der Waals surface area contributed by atoms with Crippen molar-refractivity contribution in [1.29, 1.82) is 0 Å². The van der Waals surface area contributed by atoms with Crippen molar-refractivity contribution in [2.75, 3.05) is 19.6 Å². The third-order valence-corrected chi connectivity index (χ3v) is 3.72. The molecule has 1 aromatic rings. The SMILES string of the molecule is CCN(CC)CCC(CC(C)C)c1ccccc1. The van der Waals surface area contributed by atoms with Crippen molar-refractivity contribution in [1.82, 2.24) is 4.90 Å². The van der Waals surface area contributed by atoms with E-state index >= 15 is 0 Å². The second-order valence-electron chi connectivity index (χ2n) is 5.55. The zero-order valence-corrected chi connectivity index (χ0v) is 12.5. The molecule has 1 rings (SSSR count). The molecule has 0 amide bonds. The lowest BCUT2D eigenvalue weighted by atomic mass is 9.87. The first kappa shape index (κ1) is 15.2. The van der Waals surface area contributed by atoms with Gasteiger partial charge in [-0.1, -0.05) is 58.0 Å². The van der Waals surface area contributed by atoms with Gasteiger partial charge in [0.25, 0.3) is 0 Å². The molecule has 0 saturated heterocycles. The minimum absolute atomic E-state index is 0.715. The highest BCUT2D eigenvalue weighted by atomic mass is 15.1. The Morgan fingerprint density at radius 1 is 1.00 bits per heavy atom. The predicted octanol–water partition coefficient (Wildman–Crippen LogP) is 4.55. The summed E-state index contributed by atoms with van der Waals surface area (Å²) in [5, 5.41) is 0. The van der Waals surface area contributed by atoms with Gasteiger partial charge in [0, 0.05) is 0 Å². The molecule has 0 aliphatic heterocycles. The van der Waals surface area contributed by atoms with Crippen LogP contribution < -0.4 is 0 Å². The van der Waals surface area contributed by atoms with Crippen molar-refractivity contribution in [3.63, 3.8) is 0 Å². The van der Waals surface area contributed by atoms with Gasteiger partial charge in [0.1, 0.15) is 0 Å². The fraction of sp³-hybridized carbons (Fsp3) is 0.647. The molecule has 18 heavy (non-hydrogen) atoms. The van der Waals surface area contributed by atoms with Gasteiger partial charge in [0.15, 0.2) is 0 Å². The summed E-state index contributed by atoms with van der Waals surface area (Å²) in [5.74, 6) is 1.48. The summed E-state index contributed by atoms with van der Waals surface area (Å²) in [6.45, 7) is 12.7. The van der Waals surface area contributed by atoms with Crippen LogP contribution in [-0.4, -0.2) is 24.5 Å². The lowest BCUT2D eigenvalue weighted by Gasteiger charge is -2.24. The topological polar surface area (TPSA) is 3.24 Å². The van der Waals surface area contributed by atoms with Crippen molar-refractivity contribution in [3.8, 4) is 0 Å². The van der Waals surface area contributed by atoms with Crippen molar-refractivity contribution in [2.45, 2.75) is 46.5 Å². The normalized spacial score (nSPS) is 13.2. The Hall–Kier alpha value is -0.820. The first-order valence-corrected chi connectivity index (χ1v) is 7.44. The molecule has 1 aromatic carbocycles. The molecular formula is C17H29N. The van der Waals surface area contributed by atoms with Crippen molar-refractivity contribution < 1.29 is 0 Å². The highest BCUT2D eigenvalue weighted by Crippen LogP contribution is 2.27. The lowest BCUT2D eigenvalue weighted by molar-refractivity contribution is 0.283. The number of hydrogen-bond acceptors (Lipinski definition) is 1. The molecule has 0 saturated carbocycles. The van der Waals surface area contributed by atoms with Gasteiger partial charge in [-0.05, 0) is 49.9 Å². The maximum atomic E-state index is 2.52. The predicted molar refractivity (Wildman–Crippen MR) is 81.0 cm³/mol. The quantitative estimate of drug-likeness (QED) is 0.651. The molecule has 0 bridgehead atoms. The molecule has 0 fully saturated rings. The minimum Gasteiger partial charge on any atom is -0.304 e. The molecule has 0 spiro atoms. The van der Waals surface area contributed by atoms with E-state index in [4.69, 9.17) is 0 Å². The fourth-order valence-corrected chi connectivity index (χ4v) is 2.59. The molecule has 0 radical (unpaired) electrons. The zero-order chi connectivity index (χ0) is 13.4. The number of rotatable bonds is 8. The molecule has 1 heteroatoms. The summed E-state index contributed by atoms with van der Waals surface area (Å²) in [6.07, 6.45) is 2.58. The molecule has 0 aliphatic rings. The highest BCUT2D eigenvalue weighted by molar-refractivity contribution is 5.19. The van der Waals surface area contributed by atoms with Gasteiger partial charge in [-0.25, -0.2) is 0 Å². The smallest absolute Gasteiger partial charge is 0.00131 e. The van der Waals surface area contributed by atoms with Crippen LogP contribution in [0.5, 0.6) is 0 Å². The van der Waals surface area contributed by atoms with Crippen LogP contribution in [0.3, 0.4) is 0 Å². The van der Waals surface area contributed by atoms with Gasteiger partial charge in [-0.3, -0.25) is 0 Å². The Morgan fingerprint density at radius 3 is 2.11 bits per heavy atom. The van der Waals surface area contributed by atoms with Crippen LogP contribution in [0, 0.1) is 5.92 Å². The van der Waals surface area contributed by atoms with E-state index in [1.54, 1.807) is 0 Å². The molecule has 0 N–H and O–H groups in total. The Balaban J connectivity index is 2.62. The summed E-state index contributed by atoms with van der Waals surface area (Å²) in [6, 6.07) is 11.0. The van der Waals surface area contributed by atoms with Crippen LogP contribution in [0.1, 0.15) is 52.0 Å². The van der Waals surface area contributed by atoms with E-state index in [1.807, 2.05) is 0 Å². The molecule has 102 valence electrons. The number of nitrogens with zero attached hydrogens (tertiary/aromatic N) is 1. The third kappa shape index (κ3) is 5.22. The van der Waals surface area contributed by atoms with E-state index in [9.17, 15) is 0 Å². The Labute approximate surface area is 113 Å². The average Bonchev–Trinajstić information content (AvgIpc) is 2.39. The Kier molecular flexibility index (Phi) is 7.04. The minimum atomic E-state index is 0.715. The fourth-order valence-electron chi connectivity index (χ4n) is 2.59. The van der Waals surface area contributed by atoms with Crippen LogP contribution in [0.4, 0.5) is 0 Å². The molecule has 0 aliphatic carbocycles. The summed E-state index contributed by atoms with van der Waals surface area (Å²) in [7, 11) is 0. The summed E-state index contributed by atoms with van der Waals surface area (Å²) in [5.41, 5.74) is 1.51. The maximum absolute atomic E-state index is 2.52. The standard InChI is InChI=1S/C17H29N/c1-5-18(6-2)13-12-17(14-15(3)4)16-10-8-7-9-11-16/h7-11,15,17H,5-6,12-14H2,1-4H3. The van der Waals surface area contributed by atoms with Gasteiger partial charge in [0.2, 0.25) is 0 Å². The van der Waals surface area contributed by atoms with E-state index in [0.29, 0.717) is 5.92 Å². The average molecular weight is 247 g/mol. The van der Waals surface area contributed by atoms with E-state index in [0.717, 1.165) is 5.92 Å². The van der Waals surface area contributed by atoms with Crippen LogP contribution >= 0.6 is 0 Å². The summed E-state index contributed by atoms with van der Waals surface area (Å²) >= 11 is 0. The van der Waals surface area contributed by atoms with Crippen LogP contribution in [0.25, 0.3) is 0 Å². The second-order valence-corrected chi connectivity index (χ2v) is 5.55. The van der Waals surface area contributed by atoms with Gasteiger partial charge in [0.05, 0.1) is 0 Å². The van der Waals surface area contributed by atoms with Crippen LogP contribution in [0.2, 0.25) is 0 Å². The molecular weight excluding hydrogens is 218 g/mol. The number of hydrogen-bond donors (Lipinski definition) is 0. The Bertz CT molecular complexity index is 301. The van der Waals surface area contributed by atoms with Gasteiger partial charge in [-0.15, -0.1) is 0 Å².